The van der Waals surface area contributed by atoms with E-state index in [1.54, 1.807) is 0 Å². The Hall–Kier alpha value is -1.13. The van der Waals surface area contributed by atoms with Crippen molar-refractivity contribution in [2.75, 3.05) is 5.32 Å². The monoisotopic (exact) mass is 294 g/mol. The SMILES string of the molecule is O=C(Nc1nc2c(Cl)cccc2s1)C1CCCCC1. The summed E-state index contributed by atoms with van der Waals surface area (Å²) in [5.74, 6) is 0.256. The fourth-order valence-electron chi connectivity index (χ4n) is 2.54. The third-order valence-corrected chi connectivity index (χ3v) is 4.82. The highest BCUT2D eigenvalue weighted by Crippen LogP contribution is 2.31. The minimum atomic E-state index is 0.106. The largest absolute Gasteiger partial charge is 0.302 e. The third kappa shape index (κ3) is 2.74. The lowest BCUT2D eigenvalue weighted by Crippen LogP contribution is -2.24. The van der Waals surface area contributed by atoms with Gasteiger partial charge in [-0.25, -0.2) is 4.98 Å². The summed E-state index contributed by atoms with van der Waals surface area (Å²) in [6, 6.07) is 5.68. The van der Waals surface area contributed by atoms with Crippen LogP contribution in [-0.2, 0) is 4.79 Å². The topological polar surface area (TPSA) is 42.0 Å². The number of anilines is 1. The Balaban J connectivity index is 1.77. The van der Waals surface area contributed by atoms with Crippen molar-refractivity contribution in [1.29, 1.82) is 0 Å². The molecule has 1 fully saturated rings. The molecule has 1 heterocycles. The minimum Gasteiger partial charge on any atom is -0.302 e. The number of benzene rings is 1. The number of rotatable bonds is 2. The van der Waals surface area contributed by atoms with Crippen LogP contribution in [0.1, 0.15) is 32.1 Å². The predicted octanol–water partition coefficient (Wildman–Crippen LogP) is 4.47. The molecule has 0 radical (unpaired) electrons. The van der Waals surface area contributed by atoms with Crippen LogP contribution in [0.4, 0.5) is 5.13 Å². The molecule has 0 spiro atoms. The summed E-state index contributed by atoms with van der Waals surface area (Å²) in [7, 11) is 0. The number of carbonyl (C=O) groups excluding carboxylic acids is 1. The molecule has 100 valence electrons. The van der Waals surface area contributed by atoms with Crippen LogP contribution in [0.3, 0.4) is 0 Å². The first-order valence-electron chi connectivity index (χ1n) is 6.60. The van der Waals surface area contributed by atoms with Gasteiger partial charge in [0.15, 0.2) is 5.13 Å². The molecule has 3 rings (SSSR count). The van der Waals surface area contributed by atoms with E-state index in [2.05, 4.69) is 10.3 Å². The van der Waals surface area contributed by atoms with Crippen molar-refractivity contribution in [2.45, 2.75) is 32.1 Å². The number of nitrogens with one attached hydrogen (secondary N) is 1. The van der Waals surface area contributed by atoms with Gasteiger partial charge >= 0.3 is 0 Å². The second kappa shape index (κ2) is 5.47. The summed E-state index contributed by atoms with van der Waals surface area (Å²) in [6.45, 7) is 0. The second-order valence-electron chi connectivity index (χ2n) is 4.93. The Kier molecular flexibility index (Phi) is 3.71. The van der Waals surface area contributed by atoms with Gasteiger partial charge in [0.05, 0.1) is 9.72 Å². The van der Waals surface area contributed by atoms with Gasteiger partial charge in [0, 0.05) is 5.92 Å². The maximum atomic E-state index is 12.2. The fourth-order valence-corrected chi connectivity index (χ4v) is 3.71. The molecule has 5 heteroatoms. The minimum absolute atomic E-state index is 0.106. The Labute approximate surface area is 121 Å². The molecule has 1 aromatic heterocycles. The molecule has 3 nitrogen and oxygen atoms in total. The van der Waals surface area contributed by atoms with E-state index in [9.17, 15) is 4.79 Å². The number of halogens is 1. The Morgan fingerprint density at radius 3 is 2.84 bits per heavy atom. The lowest BCUT2D eigenvalue weighted by molar-refractivity contribution is -0.120. The molecular formula is C14H15ClN2OS. The molecule has 1 N–H and O–H groups in total. The lowest BCUT2D eigenvalue weighted by Gasteiger charge is -2.19. The first-order valence-corrected chi connectivity index (χ1v) is 7.79. The first kappa shape index (κ1) is 12.9. The van der Waals surface area contributed by atoms with Gasteiger partial charge < -0.3 is 5.32 Å². The smallest absolute Gasteiger partial charge is 0.229 e. The normalized spacial score (nSPS) is 16.7. The van der Waals surface area contributed by atoms with Crippen molar-refractivity contribution >= 4 is 44.2 Å². The number of para-hydroxylation sites is 1. The van der Waals surface area contributed by atoms with Gasteiger partial charge in [-0.1, -0.05) is 48.3 Å². The molecule has 0 saturated heterocycles. The van der Waals surface area contributed by atoms with E-state index in [4.69, 9.17) is 11.6 Å². The van der Waals surface area contributed by atoms with Crippen LogP contribution in [0.2, 0.25) is 5.02 Å². The molecule has 19 heavy (non-hydrogen) atoms. The second-order valence-corrected chi connectivity index (χ2v) is 6.37. The van der Waals surface area contributed by atoms with Crippen LogP contribution < -0.4 is 5.32 Å². The highest BCUT2D eigenvalue weighted by Gasteiger charge is 2.22. The van der Waals surface area contributed by atoms with Gasteiger partial charge in [-0.2, -0.15) is 0 Å². The Morgan fingerprint density at radius 2 is 2.11 bits per heavy atom. The standard InChI is InChI=1S/C14H15ClN2OS/c15-10-7-4-8-11-12(10)16-14(19-11)17-13(18)9-5-2-1-3-6-9/h4,7-9H,1-3,5-6H2,(H,16,17,18). The number of hydrogen-bond donors (Lipinski definition) is 1. The van der Waals surface area contributed by atoms with E-state index in [1.165, 1.54) is 17.8 Å². The van der Waals surface area contributed by atoms with E-state index in [0.717, 1.165) is 35.9 Å². The van der Waals surface area contributed by atoms with Crippen molar-refractivity contribution in [1.82, 2.24) is 4.98 Å². The summed E-state index contributed by atoms with van der Waals surface area (Å²) in [5, 5.41) is 4.22. The zero-order valence-corrected chi connectivity index (χ0v) is 12.1. The molecule has 0 unspecified atom stereocenters. The van der Waals surface area contributed by atoms with Gasteiger partial charge in [0.25, 0.3) is 0 Å². The Bertz CT molecular complexity index is 605. The van der Waals surface area contributed by atoms with Crippen LogP contribution in [0.25, 0.3) is 10.2 Å². The van der Waals surface area contributed by atoms with Crippen LogP contribution in [0.15, 0.2) is 18.2 Å². The molecule has 1 amide bonds. The van der Waals surface area contributed by atoms with E-state index in [0.29, 0.717) is 10.2 Å². The maximum absolute atomic E-state index is 12.2. The number of hydrogen-bond acceptors (Lipinski definition) is 3. The molecule has 1 aliphatic carbocycles. The van der Waals surface area contributed by atoms with Crippen molar-refractivity contribution in [3.63, 3.8) is 0 Å². The first-order chi connectivity index (χ1) is 9.24. The van der Waals surface area contributed by atoms with Crippen molar-refractivity contribution in [3.8, 4) is 0 Å². The molecule has 1 aliphatic rings. The number of nitrogens with zero attached hydrogens (tertiary/aromatic N) is 1. The zero-order chi connectivity index (χ0) is 13.2. The summed E-state index contributed by atoms with van der Waals surface area (Å²) in [5.41, 5.74) is 0.771. The molecule has 1 saturated carbocycles. The summed E-state index contributed by atoms with van der Waals surface area (Å²) < 4.78 is 1.01. The summed E-state index contributed by atoms with van der Waals surface area (Å²) in [6.07, 6.45) is 5.56. The number of fused-ring (bicyclic) bond motifs is 1. The van der Waals surface area contributed by atoms with Crippen molar-refractivity contribution in [3.05, 3.63) is 23.2 Å². The van der Waals surface area contributed by atoms with Crippen LogP contribution in [-0.4, -0.2) is 10.9 Å². The summed E-state index contributed by atoms with van der Waals surface area (Å²) in [4.78, 5) is 16.6. The van der Waals surface area contributed by atoms with E-state index >= 15 is 0 Å². The number of amides is 1. The van der Waals surface area contributed by atoms with Crippen LogP contribution in [0, 0.1) is 5.92 Å². The van der Waals surface area contributed by atoms with Gasteiger partial charge in [0.2, 0.25) is 5.91 Å². The molecule has 0 aliphatic heterocycles. The number of carbonyl (C=O) groups is 1. The van der Waals surface area contributed by atoms with Gasteiger partial charge in [-0.15, -0.1) is 0 Å². The highest BCUT2D eigenvalue weighted by molar-refractivity contribution is 7.22. The fraction of sp³-hybridized carbons (Fsp3) is 0.429. The molecule has 0 atom stereocenters. The molecular weight excluding hydrogens is 280 g/mol. The predicted molar refractivity (Wildman–Crippen MR) is 79.8 cm³/mol. The lowest BCUT2D eigenvalue weighted by atomic mass is 9.89. The van der Waals surface area contributed by atoms with E-state index in [1.807, 2.05) is 18.2 Å². The highest BCUT2D eigenvalue weighted by atomic mass is 35.5. The molecule has 0 bridgehead atoms. The summed E-state index contributed by atoms with van der Waals surface area (Å²) >= 11 is 7.56. The average molecular weight is 295 g/mol. The van der Waals surface area contributed by atoms with Crippen LogP contribution in [0.5, 0.6) is 0 Å². The number of thiazole rings is 1. The molecule has 2 aromatic rings. The molecule has 1 aromatic carbocycles. The average Bonchev–Trinajstić information content (AvgIpc) is 2.84. The van der Waals surface area contributed by atoms with Gasteiger partial charge in [-0.05, 0) is 25.0 Å². The number of aromatic nitrogens is 1. The maximum Gasteiger partial charge on any atom is 0.229 e. The van der Waals surface area contributed by atoms with E-state index < -0.39 is 0 Å². The van der Waals surface area contributed by atoms with Gasteiger partial charge in [-0.3, -0.25) is 4.79 Å². The van der Waals surface area contributed by atoms with E-state index in [-0.39, 0.29) is 11.8 Å². The van der Waals surface area contributed by atoms with Crippen LogP contribution >= 0.6 is 22.9 Å². The Morgan fingerprint density at radius 1 is 1.32 bits per heavy atom. The third-order valence-electron chi connectivity index (χ3n) is 3.58. The van der Waals surface area contributed by atoms with Crippen molar-refractivity contribution < 1.29 is 4.79 Å². The van der Waals surface area contributed by atoms with Crippen molar-refractivity contribution in [2.24, 2.45) is 5.92 Å². The zero-order valence-electron chi connectivity index (χ0n) is 10.5. The van der Waals surface area contributed by atoms with Gasteiger partial charge in [0.1, 0.15) is 5.52 Å². The quantitative estimate of drug-likeness (QED) is 0.888.